The van der Waals surface area contributed by atoms with E-state index in [4.69, 9.17) is 0 Å². The maximum absolute atomic E-state index is 13.3. The summed E-state index contributed by atoms with van der Waals surface area (Å²) in [5.74, 6) is -0.00226. The summed E-state index contributed by atoms with van der Waals surface area (Å²) in [6, 6.07) is 17.7. The van der Waals surface area contributed by atoms with Gasteiger partial charge in [0, 0.05) is 23.2 Å². The maximum Gasteiger partial charge on any atom is 0.433 e. The first kappa shape index (κ1) is 21.2. The number of fused-ring (bicyclic) bond motifs is 1. The smallest absolute Gasteiger partial charge is 0.382 e. The number of carbonyl (C=O) groups is 1. The van der Waals surface area contributed by atoms with E-state index in [9.17, 15) is 18.0 Å². The van der Waals surface area contributed by atoms with Crippen LogP contribution in [0.4, 0.5) is 18.9 Å². The summed E-state index contributed by atoms with van der Waals surface area (Å²) in [7, 11) is 0. The molecular formula is C24H24F3N3O. The molecule has 0 radical (unpaired) electrons. The molecule has 4 nitrogen and oxygen atoms in total. The fourth-order valence-corrected chi connectivity index (χ4v) is 4.10. The van der Waals surface area contributed by atoms with Crippen LogP contribution in [0, 0.1) is 0 Å². The number of pyridine rings is 1. The highest BCUT2D eigenvalue weighted by molar-refractivity contribution is 5.91. The number of para-hydroxylation sites is 1. The summed E-state index contributed by atoms with van der Waals surface area (Å²) in [5.41, 5.74) is 0.854. The van der Waals surface area contributed by atoms with Crippen LogP contribution in [0.5, 0.6) is 0 Å². The number of halogens is 3. The molecule has 1 aliphatic rings. The van der Waals surface area contributed by atoms with Gasteiger partial charge >= 0.3 is 6.18 Å². The maximum atomic E-state index is 13.3. The Morgan fingerprint density at radius 1 is 0.935 bits per heavy atom. The van der Waals surface area contributed by atoms with Crippen molar-refractivity contribution in [3.8, 4) is 0 Å². The van der Waals surface area contributed by atoms with E-state index >= 15 is 0 Å². The minimum atomic E-state index is -4.50. The van der Waals surface area contributed by atoms with E-state index in [0.29, 0.717) is 23.0 Å². The highest BCUT2D eigenvalue weighted by atomic mass is 19.4. The van der Waals surface area contributed by atoms with E-state index < -0.39 is 11.9 Å². The third-order valence-electron chi connectivity index (χ3n) is 5.67. The van der Waals surface area contributed by atoms with Crippen LogP contribution in [-0.2, 0) is 17.4 Å². The van der Waals surface area contributed by atoms with Gasteiger partial charge in [-0.05, 0) is 43.4 Å². The molecule has 31 heavy (non-hydrogen) atoms. The third-order valence-corrected chi connectivity index (χ3v) is 5.67. The number of benzene rings is 2. The highest BCUT2D eigenvalue weighted by Crippen LogP contribution is 2.34. The molecule has 0 bridgehead atoms. The normalized spacial score (nSPS) is 19.2. The van der Waals surface area contributed by atoms with E-state index in [1.165, 1.54) is 0 Å². The number of hydrogen-bond donors (Lipinski definition) is 2. The second-order valence-corrected chi connectivity index (χ2v) is 7.99. The Bertz CT molecular complexity index is 1040. The average Bonchev–Trinajstić information content (AvgIpc) is 2.75. The quantitative estimate of drug-likeness (QED) is 0.578. The molecule has 0 saturated heterocycles. The average molecular weight is 427 g/mol. The van der Waals surface area contributed by atoms with Gasteiger partial charge in [-0.15, -0.1) is 0 Å². The molecule has 0 unspecified atom stereocenters. The molecule has 0 spiro atoms. The third kappa shape index (κ3) is 5.34. The van der Waals surface area contributed by atoms with Crippen molar-refractivity contribution in [3.63, 3.8) is 0 Å². The molecule has 1 amide bonds. The van der Waals surface area contributed by atoms with Crippen LogP contribution in [0.1, 0.15) is 36.9 Å². The number of nitrogens with zero attached hydrogens (tertiary/aromatic N) is 1. The van der Waals surface area contributed by atoms with Crippen molar-refractivity contribution in [2.75, 3.05) is 5.32 Å². The zero-order chi connectivity index (χ0) is 21.8. The lowest BCUT2D eigenvalue weighted by molar-refractivity contribution is -0.140. The van der Waals surface area contributed by atoms with E-state index in [1.54, 1.807) is 24.3 Å². The first-order valence-corrected chi connectivity index (χ1v) is 10.5. The van der Waals surface area contributed by atoms with Gasteiger partial charge in [-0.25, -0.2) is 4.98 Å². The largest absolute Gasteiger partial charge is 0.433 e. The van der Waals surface area contributed by atoms with E-state index in [1.807, 2.05) is 30.3 Å². The number of amides is 1. The van der Waals surface area contributed by atoms with Gasteiger partial charge in [0.2, 0.25) is 5.91 Å². The molecule has 4 rings (SSSR count). The van der Waals surface area contributed by atoms with Crippen molar-refractivity contribution in [3.05, 3.63) is 71.9 Å². The summed E-state index contributed by atoms with van der Waals surface area (Å²) in [5, 5.41) is 7.06. The number of alkyl halides is 3. The van der Waals surface area contributed by atoms with Gasteiger partial charge in [-0.2, -0.15) is 13.2 Å². The molecule has 0 atom stereocenters. The lowest BCUT2D eigenvalue weighted by Gasteiger charge is -2.30. The Morgan fingerprint density at radius 2 is 1.58 bits per heavy atom. The number of anilines is 1. The zero-order valence-electron chi connectivity index (χ0n) is 17.0. The van der Waals surface area contributed by atoms with Gasteiger partial charge < -0.3 is 10.6 Å². The summed E-state index contributed by atoms with van der Waals surface area (Å²) in [6.07, 6.45) is -1.04. The molecule has 1 fully saturated rings. The molecule has 162 valence electrons. The molecule has 2 aromatic carbocycles. The standard InChI is InChI=1S/C24H24F3N3O/c25-24(26,27)22-15-21(19-8-4-5-9-20(19)30-22)28-17-10-12-18(13-11-17)29-23(31)14-16-6-2-1-3-7-16/h1-9,15,17-18H,10-14H2,(H,28,30)(H,29,31)/t17-,18+. The fourth-order valence-electron chi connectivity index (χ4n) is 4.10. The number of carbonyl (C=O) groups excluding carboxylic acids is 1. The van der Waals surface area contributed by atoms with Crippen molar-refractivity contribution < 1.29 is 18.0 Å². The molecule has 3 aromatic rings. The van der Waals surface area contributed by atoms with Crippen molar-refractivity contribution in [1.82, 2.24) is 10.3 Å². The summed E-state index contributed by atoms with van der Waals surface area (Å²) in [6.45, 7) is 0. The van der Waals surface area contributed by atoms with Crippen molar-refractivity contribution in [1.29, 1.82) is 0 Å². The molecule has 2 N–H and O–H groups in total. The summed E-state index contributed by atoms with van der Waals surface area (Å²) >= 11 is 0. The lowest BCUT2D eigenvalue weighted by Crippen LogP contribution is -2.40. The summed E-state index contributed by atoms with van der Waals surface area (Å²) < 4.78 is 39.8. The molecular weight excluding hydrogens is 403 g/mol. The molecule has 1 saturated carbocycles. The second kappa shape index (κ2) is 8.96. The molecule has 0 aliphatic heterocycles. The zero-order valence-corrected chi connectivity index (χ0v) is 17.0. The first-order chi connectivity index (χ1) is 14.9. The Balaban J connectivity index is 1.38. The minimum absolute atomic E-state index is 0.00226. The topological polar surface area (TPSA) is 54.0 Å². The van der Waals surface area contributed by atoms with E-state index in [2.05, 4.69) is 15.6 Å². The Kier molecular flexibility index (Phi) is 6.11. The number of nitrogens with one attached hydrogen (secondary N) is 2. The van der Waals surface area contributed by atoms with Crippen molar-refractivity contribution in [2.24, 2.45) is 0 Å². The lowest BCUT2D eigenvalue weighted by atomic mass is 9.90. The van der Waals surface area contributed by atoms with Crippen LogP contribution < -0.4 is 10.6 Å². The second-order valence-electron chi connectivity index (χ2n) is 7.99. The Hall–Kier alpha value is -3.09. The van der Waals surface area contributed by atoms with Gasteiger partial charge in [0.05, 0.1) is 11.9 Å². The minimum Gasteiger partial charge on any atom is -0.382 e. The molecule has 1 aromatic heterocycles. The van der Waals surface area contributed by atoms with E-state index in [-0.39, 0.29) is 18.0 Å². The Labute approximate surface area is 178 Å². The van der Waals surface area contributed by atoms with Gasteiger partial charge in [-0.3, -0.25) is 4.79 Å². The van der Waals surface area contributed by atoms with Gasteiger partial charge in [0.25, 0.3) is 0 Å². The van der Waals surface area contributed by atoms with Crippen molar-refractivity contribution >= 4 is 22.5 Å². The van der Waals surface area contributed by atoms with Crippen LogP contribution >= 0.6 is 0 Å². The van der Waals surface area contributed by atoms with Crippen molar-refractivity contribution in [2.45, 2.75) is 50.4 Å². The Morgan fingerprint density at radius 3 is 2.29 bits per heavy atom. The van der Waals surface area contributed by atoms with Crippen LogP contribution in [0.2, 0.25) is 0 Å². The van der Waals surface area contributed by atoms with E-state index in [0.717, 1.165) is 37.3 Å². The predicted molar refractivity (Wildman–Crippen MR) is 115 cm³/mol. The monoisotopic (exact) mass is 427 g/mol. The molecule has 7 heteroatoms. The van der Waals surface area contributed by atoms with Crippen LogP contribution in [0.3, 0.4) is 0 Å². The number of rotatable bonds is 5. The SMILES string of the molecule is O=C(Cc1ccccc1)N[C@H]1CC[C@@H](Nc2cc(C(F)(F)F)nc3ccccc23)CC1. The van der Waals surface area contributed by atoms with Gasteiger partial charge in [0.1, 0.15) is 5.69 Å². The number of hydrogen-bond acceptors (Lipinski definition) is 3. The highest BCUT2D eigenvalue weighted by Gasteiger charge is 2.33. The van der Waals surface area contributed by atoms with Crippen LogP contribution in [-0.4, -0.2) is 23.0 Å². The summed E-state index contributed by atoms with van der Waals surface area (Å²) in [4.78, 5) is 16.1. The first-order valence-electron chi connectivity index (χ1n) is 10.5. The van der Waals surface area contributed by atoms with Crippen LogP contribution in [0.25, 0.3) is 10.9 Å². The van der Waals surface area contributed by atoms with Gasteiger partial charge in [-0.1, -0.05) is 48.5 Å². The van der Waals surface area contributed by atoms with Gasteiger partial charge in [0.15, 0.2) is 0 Å². The molecule has 1 aliphatic carbocycles. The van der Waals surface area contributed by atoms with Crippen LogP contribution in [0.15, 0.2) is 60.7 Å². The fraction of sp³-hybridized carbons (Fsp3) is 0.333. The predicted octanol–water partition coefficient (Wildman–Crippen LogP) is 5.34. The number of aromatic nitrogens is 1. The molecule has 1 heterocycles.